The lowest BCUT2D eigenvalue weighted by Gasteiger charge is -2.07. The summed E-state index contributed by atoms with van der Waals surface area (Å²) in [6, 6.07) is 5.49. The van der Waals surface area contributed by atoms with E-state index in [1.54, 1.807) is 17.9 Å². The van der Waals surface area contributed by atoms with Crippen molar-refractivity contribution in [3.05, 3.63) is 18.2 Å². The maximum atomic E-state index is 5.83. The van der Waals surface area contributed by atoms with Crippen LogP contribution in [-0.4, -0.2) is 27.3 Å². The van der Waals surface area contributed by atoms with E-state index in [-0.39, 0.29) is 0 Å². The van der Waals surface area contributed by atoms with E-state index in [0.717, 1.165) is 24.9 Å². The molecule has 0 bridgehead atoms. The first-order valence-corrected chi connectivity index (χ1v) is 5.95. The van der Waals surface area contributed by atoms with Gasteiger partial charge in [-0.05, 0) is 29.0 Å². The number of anilines is 1. The Kier molecular flexibility index (Phi) is 3.76. The minimum Gasteiger partial charge on any atom is -0.497 e. The van der Waals surface area contributed by atoms with E-state index >= 15 is 0 Å². The van der Waals surface area contributed by atoms with Gasteiger partial charge in [-0.1, -0.05) is 13.3 Å². The van der Waals surface area contributed by atoms with Gasteiger partial charge in [-0.3, -0.25) is 0 Å². The van der Waals surface area contributed by atoms with Gasteiger partial charge in [0, 0.05) is 23.9 Å². The molecule has 0 aliphatic rings. The molecule has 1 aromatic heterocycles. The molecule has 6 nitrogen and oxygen atoms in total. The third-order valence-electron chi connectivity index (χ3n) is 2.68. The summed E-state index contributed by atoms with van der Waals surface area (Å²) in [4.78, 5) is 0. The fourth-order valence-corrected chi connectivity index (χ4v) is 1.74. The number of nitrogen functional groups attached to an aromatic ring is 1. The van der Waals surface area contributed by atoms with Gasteiger partial charge in [-0.2, -0.15) is 0 Å². The van der Waals surface area contributed by atoms with E-state index in [1.807, 2.05) is 12.1 Å². The molecule has 0 amide bonds. The molecule has 0 unspecified atom stereocenters. The highest BCUT2D eigenvalue weighted by Gasteiger charge is 2.10. The standard InChI is InChI=1S/C12H17N5O/c1-3-4-5-17-12(14-15-16-17)9-6-10(13)8-11(7-9)18-2/h6-8H,3-5,13H2,1-2H3. The van der Waals surface area contributed by atoms with Gasteiger partial charge in [-0.25, -0.2) is 4.68 Å². The summed E-state index contributed by atoms with van der Waals surface area (Å²) >= 11 is 0. The van der Waals surface area contributed by atoms with Crippen LogP contribution >= 0.6 is 0 Å². The number of nitrogens with two attached hydrogens (primary N) is 1. The molecule has 2 N–H and O–H groups in total. The van der Waals surface area contributed by atoms with Crippen molar-refractivity contribution in [1.29, 1.82) is 0 Å². The van der Waals surface area contributed by atoms with Crippen LogP contribution in [0.25, 0.3) is 11.4 Å². The number of aromatic nitrogens is 4. The van der Waals surface area contributed by atoms with Crippen molar-refractivity contribution in [2.75, 3.05) is 12.8 Å². The third-order valence-corrected chi connectivity index (χ3v) is 2.68. The van der Waals surface area contributed by atoms with E-state index in [0.29, 0.717) is 17.3 Å². The molecule has 1 heterocycles. The highest BCUT2D eigenvalue weighted by Crippen LogP contribution is 2.25. The number of tetrazole rings is 1. The van der Waals surface area contributed by atoms with E-state index in [4.69, 9.17) is 10.5 Å². The van der Waals surface area contributed by atoms with Gasteiger partial charge in [0.1, 0.15) is 5.75 Å². The molecular weight excluding hydrogens is 230 g/mol. The minimum atomic E-state index is 0.634. The molecule has 0 atom stereocenters. The normalized spacial score (nSPS) is 10.6. The van der Waals surface area contributed by atoms with Crippen LogP contribution in [0.2, 0.25) is 0 Å². The highest BCUT2D eigenvalue weighted by atomic mass is 16.5. The summed E-state index contributed by atoms with van der Waals surface area (Å²) in [7, 11) is 1.61. The smallest absolute Gasteiger partial charge is 0.182 e. The molecule has 0 spiro atoms. The molecule has 2 aromatic rings. The lowest BCUT2D eigenvalue weighted by atomic mass is 10.1. The number of hydrogen-bond acceptors (Lipinski definition) is 5. The minimum absolute atomic E-state index is 0.634. The highest BCUT2D eigenvalue weighted by molar-refractivity contribution is 5.64. The Morgan fingerprint density at radius 2 is 2.17 bits per heavy atom. The molecule has 2 rings (SSSR count). The van der Waals surface area contributed by atoms with Gasteiger partial charge in [0.25, 0.3) is 0 Å². The monoisotopic (exact) mass is 247 g/mol. The predicted octanol–water partition coefficient (Wildman–Crippen LogP) is 1.73. The second-order valence-corrected chi connectivity index (χ2v) is 4.07. The molecule has 6 heteroatoms. The Labute approximate surface area is 106 Å². The third kappa shape index (κ3) is 2.58. The number of methoxy groups -OCH3 is 1. The molecule has 0 aliphatic carbocycles. The molecule has 0 saturated heterocycles. The fourth-order valence-electron chi connectivity index (χ4n) is 1.74. The molecule has 96 valence electrons. The molecular formula is C12H17N5O. The molecule has 0 saturated carbocycles. The second-order valence-electron chi connectivity index (χ2n) is 4.07. The van der Waals surface area contributed by atoms with E-state index in [1.165, 1.54) is 0 Å². The Hall–Kier alpha value is -2.11. The number of benzene rings is 1. The Morgan fingerprint density at radius 3 is 2.89 bits per heavy atom. The molecule has 18 heavy (non-hydrogen) atoms. The lowest BCUT2D eigenvalue weighted by molar-refractivity contribution is 0.415. The fraction of sp³-hybridized carbons (Fsp3) is 0.417. The Morgan fingerprint density at radius 1 is 1.33 bits per heavy atom. The van der Waals surface area contributed by atoms with Crippen LogP contribution in [0.3, 0.4) is 0 Å². The lowest BCUT2D eigenvalue weighted by Crippen LogP contribution is -2.03. The summed E-state index contributed by atoms with van der Waals surface area (Å²) in [5, 5.41) is 11.8. The summed E-state index contributed by atoms with van der Waals surface area (Å²) in [6.45, 7) is 2.93. The van der Waals surface area contributed by atoms with E-state index in [9.17, 15) is 0 Å². The van der Waals surface area contributed by atoms with Gasteiger partial charge in [-0.15, -0.1) is 5.10 Å². The van der Waals surface area contributed by atoms with Gasteiger partial charge >= 0.3 is 0 Å². The average molecular weight is 247 g/mol. The summed E-state index contributed by atoms with van der Waals surface area (Å²) < 4.78 is 6.99. The Balaban J connectivity index is 2.36. The Bertz CT molecular complexity index is 523. The van der Waals surface area contributed by atoms with Crippen molar-refractivity contribution in [3.8, 4) is 17.1 Å². The van der Waals surface area contributed by atoms with Crippen LogP contribution in [0, 0.1) is 0 Å². The quantitative estimate of drug-likeness (QED) is 0.814. The number of aryl methyl sites for hydroxylation is 1. The molecule has 0 fully saturated rings. The van der Waals surface area contributed by atoms with E-state index in [2.05, 4.69) is 22.4 Å². The zero-order chi connectivity index (χ0) is 13.0. The first kappa shape index (κ1) is 12.3. The second kappa shape index (κ2) is 5.48. The van der Waals surface area contributed by atoms with Crippen molar-refractivity contribution in [3.63, 3.8) is 0 Å². The number of unbranched alkanes of at least 4 members (excludes halogenated alkanes) is 1. The van der Waals surface area contributed by atoms with Gasteiger partial charge < -0.3 is 10.5 Å². The molecule has 0 radical (unpaired) electrons. The zero-order valence-corrected chi connectivity index (χ0v) is 10.6. The van der Waals surface area contributed by atoms with Crippen LogP contribution in [0.15, 0.2) is 18.2 Å². The van der Waals surface area contributed by atoms with Crippen LogP contribution in [0.4, 0.5) is 5.69 Å². The first-order valence-electron chi connectivity index (χ1n) is 5.95. The largest absolute Gasteiger partial charge is 0.497 e. The van der Waals surface area contributed by atoms with Crippen LogP contribution in [-0.2, 0) is 6.54 Å². The first-order chi connectivity index (χ1) is 8.74. The summed E-state index contributed by atoms with van der Waals surface area (Å²) in [5.74, 6) is 1.42. The number of ether oxygens (including phenoxy) is 1. The van der Waals surface area contributed by atoms with Crippen molar-refractivity contribution in [2.45, 2.75) is 26.3 Å². The number of hydrogen-bond donors (Lipinski definition) is 1. The van der Waals surface area contributed by atoms with Crippen molar-refractivity contribution >= 4 is 5.69 Å². The van der Waals surface area contributed by atoms with E-state index < -0.39 is 0 Å². The van der Waals surface area contributed by atoms with Gasteiger partial charge in [0.15, 0.2) is 5.82 Å². The van der Waals surface area contributed by atoms with Crippen molar-refractivity contribution in [2.24, 2.45) is 0 Å². The topological polar surface area (TPSA) is 78.9 Å². The SMILES string of the molecule is CCCCn1nnnc1-c1cc(N)cc(OC)c1. The summed E-state index contributed by atoms with van der Waals surface area (Å²) in [5.41, 5.74) is 7.34. The number of nitrogens with zero attached hydrogens (tertiary/aromatic N) is 4. The van der Waals surface area contributed by atoms with Gasteiger partial charge in [0.2, 0.25) is 0 Å². The number of rotatable bonds is 5. The van der Waals surface area contributed by atoms with Crippen LogP contribution in [0.5, 0.6) is 5.75 Å². The molecule has 0 aliphatic heterocycles. The van der Waals surface area contributed by atoms with Crippen molar-refractivity contribution in [1.82, 2.24) is 20.2 Å². The van der Waals surface area contributed by atoms with Crippen molar-refractivity contribution < 1.29 is 4.74 Å². The predicted molar refractivity (Wildman–Crippen MR) is 69.1 cm³/mol. The maximum Gasteiger partial charge on any atom is 0.182 e. The maximum absolute atomic E-state index is 5.83. The summed E-state index contributed by atoms with van der Waals surface area (Å²) in [6.07, 6.45) is 2.14. The van der Waals surface area contributed by atoms with Crippen LogP contribution < -0.4 is 10.5 Å². The van der Waals surface area contributed by atoms with Gasteiger partial charge in [0.05, 0.1) is 7.11 Å². The molecule has 1 aromatic carbocycles. The van der Waals surface area contributed by atoms with Crippen LogP contribution in [0.1, 0.15) is 19.8 Å². The zero-order valence-electron chi connectivity index (χ0n) is 10.6. The average Bonchev–Trinajstić information content (AvgIpc) is 2.83.